The Labute approximate surface area is 144 Å². The second-order valence-corrected chi connectivity index (χ2v) is 7.57. The lowest BCUT2D eigenvalue weighted by Crippen LogP contribution is -2.22. The van der Waals surface area contributed by atoms with E-state index in [2.05, 4.69) is 21.2 Å². The maximum absolute atomic E-state index is 11.9. The smallest absolute Gasteiger partial charge is 0.243 e. The summed E-state index contributed by atoms with van der Waals surface area (Å²) in [6.07, 6.45) is 5.47. The van der Waals surface area contributed by atoms with Crippen LogP contribution in [-0.2, 0) is 14.6 Å². The molecule has 1 aromatic carbocycles. The van der Waals surface area contributed by atoms with Crippen molar-refractivity contribution in [3.05, 3.63) is 23.8 Å². The van der Waals surface area contributed by atoms with Crippen molar-refractivity contribution in [3.63, 3.8) is 0 Å². The average Bonchev–Trinajstić information content (AvgIpc) is 2.49. The van der Waals surface area contributed by atoms with Crippen LogP contribution in [-0.4, -0.2) is 44.7 Å². The van der Waals surface area contributed by atoms with Crippen LogP contribution in [0.15, 0.2) is 23.1 Å². The lowest BCUT2D eigenvalue weighted by atomic mass is 10.2. The van der Waals surface area contributed by atoms with Gasteiger partial charge in [-0.1, -0.05) is 15.9 Å². The largest absolute Gasteiger partial charge is 0.504 e. The zero-order valence-electron chi connectivity index (χ0n) is 13.0. The van der Waals surface area contributed by atoms with E-state index >= 15 is 0 Å². The second kappa shape index (κ2) is 8.93. The van der Waals surface area contributed by atoms with Gasteiger partial charge in [0, 0.05) is 24.2 Å². The highest BCUT2D eigenvalue weighted by molar-refractivity contribution is 9.09. The molecule has 0 spiro atoms. The van der Waals surface area contributed by atoms with Crippen molar-refractivity contribution < 1.29 is 23.1 Å². The number of sulfone groups is 1. The van der Waals surface area contributed by atoms with Crippen molar-refractivity contribution >= 4 is 37.8 Å². The summed E-state index contributed by atoms with van der Waals surface area (Å²) < 4.78 is 28.9. The molecule has 0 saturated carbocycles. The summed E-state index contributed by atoms with van der Waals surface area (Å²) >= 11 is 3.31. The van der Waals surface area contributed by atoms with Gasteiger partial charge in [-0.25, -0.2) is 8.42 Å². The van der Waals surface area contributed by atoms with Crippen LogP contribution in [0.2, 0.25) is 0 Å². The number of ether oxygens (including phenoxy) is 1. The van der Waals surface area contributed by atoms with Crippen LogP contribution in [0.3, 0.4) is 0 Å². The second-order valence-electron chi connectivity index (χ2n) is 4.83. The summed E-state index contributed by atoms with van der Waals surface area (Å²) in [4.78, 5) is 11.6. The number of benzene rings is 1. The maximum Gasteiger partial charge on any atom is 0.243 e. The third-order valence-corrected chi connectivity index (χ3v) is 4.69. The molecule has 0 aliphatic carbocycles. The molecule has 1 aromatic rings. The Balaban J connectivity index is 3.01. The molecule has 0 bridgehead atoms. The predicted molar refractivity (Wildman–Crippen MR) is 92.8 cm³/mol. The van der Waals surface area contributed by atoms with Crippen LogP contribution in [0.5, 0.6) is 11.5 Å². The number of phenols is 1. The Kier molecular flexibility index (Phi) is 7.57. The van der Waals surface area contributed by atoms with E-state index in [0.29, 0.717) is 6.54 Å². The van der Waals surface area contributed by atoms with Gasteiger partial charge in [-0.3, -0.25) is 4.79 Å². The van der Waals surface area contributed by atoms with Crippen molar-refractivity contribution in [2.45, 2.75) is 17.7 Å². The number of unbranched alkanes of at least 4 members (excludes halogenated alkanes) is 1. The molecule has 2 N–H and O–H groups in total. The van der Waals surface area contributed by atoms with E-state index in [1.54, 1.807) is 0 Å². The molecule has 0 aliphatic heterocycles. The number of alkyl halides is 1. The van der Waals surface area contributed by atoms with E-state index in [4.69, 9.17) is 4.74 Å². The molecule has 0 unspecified atom stereocenters. The van der Waals surface area contributed by atoms with Crippen molar-refractivity contribution in [3.8, 4) is 11.5 Å². The number of aromatic hydroxyl groups is 1. The average molecular weight is 406 g/mol. The number of rotatable bonds is 8. The first-order valence-electron chi connectivity index (χ1n) is 6.93. The summed E-state index contributed by atoms with van der Waals surface area (Å²) in [6.45, 7) is 0.548. The van der Waals surface area contributed by atoms with Gasteiger partial charge >= 0.3 is 0 Å². The lowest BCUT2D eigenvalue weighted by molar-refractivity contribution is -0.116. The standard InChI is InChI=1S/C15H20BrNO5S/c1-22-14-12(18)7-5-11(15(14)23(2,20)21)6-8-13(19)17-10-4-3-9-16/h5-8,18H,3-4,9-10H2,1-2H3,(H,17,19). The van der Waals surface area contributed by atoms with Gasteiger partial charge in [0.25, 0.3) is 0 Å². The van der Waals surface area contributed by atoms with E-state index in [1.807, 2.05) is 0 Å². The molecular formula is C15H20BrNO5S. The summed E-state index contributed by atoms with van der Waals surface area (Å²) in [5.41, 5.74) is 0.276. The third-order valence-electron chi connectivity index (χ3n) is 2.97. The minimum Gasteiger partial charge on any atom is -0.504 e. The highest BCUT2D eigenvalue weighted by atomic mass is 79.9. The van der Waals surface area contributed by atoms with Crippen LogP contribution in [0.25, 0.3) is 6.08 Å². The minimum atomic E-state index is -3.64. The number of methoxy groups -OCH3 is 1. The van der Waals surface area contributed by atoms with Crippen molar-refractivity contribution in [1.29, 1.82) is 0 Å². The molecule has 23 heavy (non-hydrogen) atoms. The third kappa shape index (κ3) is 5.87. The number of hydrogen-bond acceptors (Lipinski definition) is 5. The topological polar surface area (TPSA) is 92.7 Å². The lowest BCUT2D eigenvalue weighted by Gasteiger charge is -2.11. The normalized spacial score (nSPS) is 11.6. The van der Waals surface area contributed by atoms with Crippen LogP contribution in [0.1, 0.15) is 18.4 Å². The number of carbonyl (C=O) groups is 1. The van der Waals surface area contributed by atoms with E-state index in [0.717, 1.165) is 24.4 Å². The fourth-order valence-electron chi connectivity index (χ4n) is 1.93. The Bertz CT molecular complexity index is 685. The number of amides is 1. The van der Waals surface area contributed by atoms with Gasteiger partial charge in [-0.15, -0.1) is 0 Å². The van der Waals surface area contributed by atoms with E-state index in [1.165, 1.54) is 31.4 Å². The Hall–Kier alpha value is -1.54. The van der Waals surface area contributed by atoms with Crippen molar-refractivity contribution in [2.24, 2.45) is 0 Å². The van der Waals surface area contributed by atoms with Crippen LogP contribution in [0, 0.1) is 0 Å². The van der Waals surface area contributed by atoms with Crippen molar-refractivity contribution in [2.75, 3.05) is 25.2 Å². The summed E-state index contributed by atoms with van der Waals surface area (Å²) in [5.74, 6) is -0.720. The molecule has 1 rings (SSSR count). The van der Waals surface area contributed by atoms with Crippen LogP contribution >= 0.6 is 15.9 Å². The molecule has 0 radical (unpaired) electrons. The van der Waals surface area contributed by atoms with Gasteiger partial charge < -0.3 is 15.2 Å². The minimum absolute atomic E-state index is 0.132. The molecule has 8 heteroatoms. The zero-order valence-corrected chi connectivity index (χ0v) is 15.4. The Morgan fingerprint density at radius 1 is 1.39 bits per heavy atom. The van der Waals surface area contributed by atoms with E-state index < -0.39 is 9.84 Å². The number of nitrogens with one attached hydrogen (secondary N) is 1. The molecule has 0 atom stereocenters. The predicted octanol–water partition coefficient (Wildman–Crippen LogP) is 2.11. The maximum atomic E-state index is 11.9. The van der Waals surface area contributed by atoms with Gasteiger partial charge in [-0.2, -0.15) is 0 Å². The number of halogens is 1. The molecule has 0 fully saturated rings. The van der Waals surface area contributed by atoms with E-state index in [9.17, 15) is 18.3 Å². The molecule has 0 heterocycles. The molecule has 128 valence electrons. The first kappa shape index (κ1) is 19.5. The van der Waals surface area contributed by atoms with Crippen LogP contribution in [0.4, 0.5) is 0 Å². The van der Waals surface area contributed by atoms with Gasteiger partial charge in [0.2, 0.25) is 5.91 Å². The summed E-state index contributed by atoms with van der Waals surface area (Å²) in [7, 11) is -2.37. The van der Waals surface area contributed by atoms with Crippen molar-refractivity contribution in [1.82, 2.24) is 5.32 Å². The Morgan fingerprint density at radius 3 is 2.65 bits per heavy atom. The highest BCUT2D eigenvalue weighted by Crippen LogP contribution is 2.36. The van der Waals surface area contributed by atoms with Gasteiger partial charge in [0.1, 0.15) is 4.90 Å². The SMILES string of the molecule is COc1c(O)ccc(C=CC(=O)NCCCCBr)c1S(C)(=O)=O. The van der Waals surface area contributed by atoms with Gasteiger partial charge in [0.05, 0.1) is 7.11 Å². The van der Waals surface area contributed by atoms with Gasteiger partial charge in [-0.05, 0) is 36.6 Å². The number of hydrogen-bond donors (Lipinski definition) is 2. The summed E-state index contributed by atoms with van der Waals surface area (Å²) in [5, 5.41) is 13.3. The molecular weight excluding hydrogens is 386 g/mol. The zero-order chi connectivity index (χ0) is 17.5. The fourth-order valence-corrected chi connectivity index (χ4v) is 3.42. The Morgan fingerprint density at radius 2 is 2.09 bits per heavy atom. The number of carbonyl (C=O) groups excluding carboxylic acids is 1. The first-order chi connectivity index (χ1) is 10.8. The quantitative estimate of drug-likeness (QED) is 0.392. The molecule has 0 aromatic heterocycles. The summed E-state index contributed by atoms with van der Waals surface area (Å²) in [6, 6.07) is 2.74. The van der Waals surface area contributed by atoms with Crippen LogP contribution < -0.4 is 10.1 Å². The van der Waals surface area contributed by atoms with Gasteiger partial charge in [0.15, 0.2) is 21.3 Å². The number of phenolic OH excluding ortho intramolecular Hbond substituents is 1. The highest BCUT2D eigenvalue weighted by Gasteiger charge is 2.21. The van der Waals surface area contributed by atoms with E-state index in [-0.39, 0.29) is 27.9 Å². The molecule has 0 saturated heterocycles. The monoisotopic (exact) mass is 405 g/mol. The molecule has 6 nitrogen and oxygen atoms in total. The molecule has 0 aliphatic rings. The fraction of sp³-hybridized carbons (Fsp3) is 0.400. The first-order valence-corrected chi connectivity index (χ1v) is 9.94. The molecule has 1 amide bonds.